The molecule has 174 valence electrons. The molecule has 0 aliphatic heterocycles. The van der Waals surface area contributed by atoms with Crippen LogP contribution in [0.1, 0.15) is 51.5 Å². The van der Waals surface area contributed by atoms with Crippen molar-refractivity contribution in [2.75, 3.05) is 20.4 Å². The highest BCUT2D eigenvalue weighted by molar-refractivity contribution is 7.84. The summed E-state index contributed by atoms with van der Waals surface area (Å²) in [7, 11) is 2.70. The summed E-state index contributed by atoms with van der Waals surface area (Å²) in [6, 6.07) is 4.52. The zero-order valence-electron chi connectivity index (χ0n) is 19.7. The third kappa shape index (κ3) is 5.05. The lowest BCUT2D eigenvalue weighted by Crippen LogP contribution is -2.13. The highest BCUT2D eigenvalue weighted by Gasteiger charge is 2.21. The van der Waals surface area contributed by atoms with Crippen molar-refractivity contribution in [1.29, 1.82) is 0 Å². The van der Waals surface area contributed by atoms with E-state index in [1.54, 1.807) is 12.5 Å². The van der Waals surface area contributed by atoms with Crippen LogP contribution < -0.4 is 0 Å². The van der Waals surface area contributed by atoms with Gasteiger partial charge in [-0.2, -0.15) is 5.10 Å². The van der Waals surface area contributed by atoms with Crippen molar-refractivity contribution < 1.29 is 9.00 Å². The minimum Gasteiger partial charge on any atom is -0.383 e. The lowest BCUT2D eigenvalue weighted by molar-refractivity contribution is -0.112. The average molecular weight is 466 g/mol. The van der Waals surface area contributed by atoms with Crippen LogP contribution in [0, 0.1) is 0 Å². The van der Waals surface area contributed by atoms with Gasteiger partial charge in [-0.15, -0.1) is 0 Å². The van der Waals surface area contributed by atoms with Crippen LogP contribution in [0.2, 0.25) is 0 Å². The minimum absolute atomic E-state index is 0.204. The van der Waals surface area contributed by atoms with Crippen molar-refractivity contribution in [3.05, 3.63) is 47.9 Å². The number of ketones is 1. The largest absolute Gasteiger partial charge is 0.383 e. The van der Waals surface area contributed by atoms with E-state index in [0.29, 0.717) is 11.2 Å². The first-order valence-electron chi connectivity index (χ1n) is 11.4. The number of hydrogen-bond donors (Lipinski definition) is 0. The van der Waals surface area contributed by atoms with E-state index in [2.05, 4.69) is 25.8 Å². The Hall–Kier alpha value is -2.87. The minimum atomic E-state index is -1.18. The molecule has 1 saturated carbocycles. The van der Waals surface area contributed by atoms with Crippen LogP contribution in [0.25, 0.3) is 21.8 Å². The van der Waals surface area contributed by atoms with Gasteiger partial charge in [0.2, 0.25) is 5.16 Å². The van der Waals surface area contributed by atoms with Crippen LogP contribution in [0.5, 0.6) is 0 Å². The molecule has 1 atom stereocenters. The monoisotopic (exact) mass is 465 g/mol. The topological polar surface area (TPSA) is 81.0 Å². The van der Waals surface area contributed by atoms with Gasteiger partial charge < -0.3 is 4.90 Å². The van der Waals surface area contributed by atoms with E-state index < -0.39 is 10.8 Å². The predicted molar refractivity (Wildman–Crippen MR) is 132 cm³/mol. The number of benzene rings is 1. The van der Waals surface area contributed by atoms with Gasteiger partial charge in [0.1, 0.15) is 5.52 Å². The Balaban J connectivity index is 0.000000185. The summed E-state index contributed by atoms with van der Waals surface area (Å²) in [5.41, 5.74) is 3.72. The van der Waals surface area contributed by atoms with E-state index in [0.717, 1.165) is 45.8 Å². The molecule has 1 aromatic carbocycles. The predicted octanol–water partition coefficient (Wildman–Crippen LogP) is 4.57. The summed E-state index contributed by atoms with van der Waals surface area (Å²) >= 11 is 0. The van der Waals surface area contributed by atoms with E-state index in [-0.39, 0.29) is 5.78 Å². The number of nitrogens with zero attached hydrogens (tertiary/aromatic N) is 5. The number of rotatable bonds is 3. The molecule has 2 aliphatic rings. The summed E-state index contributed by atoms with van der Waals surface area (Å²) in [6.07, 6.45) is 15.9. The maximum Gasteiger partial charge on any atom is 0.218 e. The number of aromatic nitrogens is 4. The van der Waals surface area contributed by atoms with Gasteiger partial charge in [0.05, 0.1) is 28.6 Å². The molecule has 0 radical (unpaired) electrons. The molecule has 0 saturated heterocycles. The Kier molecular flexibility index (Phi) is 7.02. The lowest BCUT2D eigenvalue weighted by Gasteiger charge is -2.14. The van der Waals surface area contributed by atoms with E-state index in [4.69, 9.17) is 0 Å². The van der Waals surface area contributed by atoms with Gasteiger partial charge in [0, 0.05) is 49.1 Å². The first-order chi connectivity index (χ1) is 15.8. The third-order valence-electron chi connectivity index (χ3n) is 6.14. The fourth-order valence-corrected chi connectivity index (χ4v) is 4.93. The zero-order valence-corrected chi connectivity index (χ0v) is 20.6. The van der Waals surface area contributed by atoms with E-state index >= 15 is 0 Å². The van der Waals surface area contributed by atoms with Crippen molar-refractivity contribution >= 4 is 38.4 Å². The first-order valence-corrected chi connectivity index (χ1v) is 13.0. The molecule has 2 aromatic heterocycles. The summed E-state index contributed by atoms with van der Waals surface area (Å²) in [5.74, 6) is 0.204. The van der Waals surface area contributed by atoms with Crippen molar-refractivity contribution in [1.82, 2.24) is 24.6 Å². The molecular formula is C25H31N5O2S. The number of fused-ring (bicyclic) bond motifs is 3. The third-order valence-corrected chi connectivity index (χ3v) is 6.85. The SMILES string of the molecule is CC1=CCC/C(=C/N(C)C)C1=O.CS(=O)c1ncc2ccc3cnn(C4CCCC4)c3c2n1. The molecule has 33 heavy (non-hydrogen) atoms. The fraction of sp³-hybridized carbons (Fsp3) is 0.440. The number of hydrogen-bond acceptors (Lipinski definition) is 6. The Bertz CT molecular complexity index is 1270. The number of carbonyl (C=O) groups is 1. The van der Waals surface area contributed by atoms with Crippen LogP contribution in [-0.2, 0) is 15.6 Å². The van der Waals surface area contributed by atoms with Crippen LogP contribution in [0.4, 0.5) is 0 Å². The van der Waals surface area contributed by atoms with Crippen molar-refractivity contribution in [2.45, 2.75) is 56.6 Å². The van der Waals surface area contributed by atoms with Gasteiger partial charge in [-0.05, 0) is 38.2 Å². The number of allylic oxidation sites excluding steroid dienone is 3. The maximum absolute atomic E-state index is 11.7. The molecule has 0 bridgehead atoms. The molecule has 2 heterocycles. The van der Waals surface area contributed by atoms with Crippen LogP contribution >= 0.6 is 0 Å². The molecule has 1 unspecified atom stereocenters. The van der Waals surface area contributed by atoms with Crippen LogP contribution in [-0.4, -0.2) is 55.0 Å². The first kappa shape index (κ1) is 23.3. The van der Waals surface area contributed by atoms with Gasteiger partial charge in [-0.25, -0.2) is 9.97 Å². The molecule has 8 heteroatoms. The number of Topliss-reactive ketones (excluding diaryl/α,β-unsaturated/α-hetero) is 1. The molecular weight excluding hydrogens is 434 g/mol. The Labute approximate surface area is 197 Å². The molecule has 1 fully saturated rings. The molecule has 5 rings (SSSR count). The Morgan fingerprint density at radius 1 is 1.15 bits per heavy atom. The molecule has 3 aromatic rings. The Morgan fingerprint density at radius 2 is 1.88 bits per heavy atom. The second kappa shape index (κ2) is 9.95. The highest BCUT2D eigenvalue weighted by atomic mass is 32.2. The second-order valence-corrected chi connectivity index (χ2v) is 10.2. The molecule has 0 N–H and O–H groups in total. The fourth-order valence-electron chi connectivity index (χ4n) is 4.51. The van der Waals surface area contributed by atoms with Crippen LogP contribution in [0.15, 0.2) is 53.1 Å². The summed E-state index contributed by atoms with van der Waals surface area (Å²) < 4.78 is 13.8. The van der Waals surface area contributed by atoms with Crippen molar-refractivity contribution in [3.8, 4) is 0 Å². The summed E-state index contributed by atoms with van der Waals surface area (Å²) in [6.45, 7) is 1.88. The summed E-state index contributed by atoms with van der Waals surface area (Å²) in [4.78, 5) is 22.1. The smallest absolute Gasteiger partial charge is 0.218 e. The normalized spacial score (nSPS) is 19.0. The zero-order chi connectivity index (χ0) is 23.5. The Morgan fingerprint density at radius 3 is 2.58 bits per heavy atom. The lowest BCUT2D eigenvalue weighted by atomic mass is 9.94. The standard InChI is InChI=1S/C15H16N4OS.C10H15NO/c1-21(20)15-16-8-10-6-7-11-9-17-19(12-4-2-3-5-12)14(11)13(10)18-15;1-8-5-4-6-9(10(8)12)7-11(2)3/h6-9,12H,2-5H2,1H3;5,7H,4,6H2,1-3H3/b;9-7-. The molecule has 7 nitrogen and oxygen atoms in total. The van der Waals surface area contributed by atoms with Gasteiger partial charge in [0.15, 0.2) is 5.78 Å². The van der Waals surface area contributed by atoms with Gasteiger partial charge >= 0.3 is 0 Å². The van der Waals surface area contributed by atoms with Gasteiger partial charge in [0.25, 0.3) is 0 Å². The summed E-state index contributed by atoms with van der Waals surface area (Å²) in [5, 5.41) is 7.02. The number of carbonyl (C=O) groups excluding carboxylic acids is 1. The molecule has 2 aliphatic carbocycles. The van der Waals surface area contributed by atoms with Gasteiger partial charge in [-0.3, -0.25) is 13.7 Å². The quantitative estimate of drug-likeness (QED) is 0.416. The van der Waals surface area contributed by atoms with Crippen molar-refractivity contribution in [2.24, 2.45) is 0 Å². The highest BCUT2D eigenvalue weighted by Crippen LogP contribution is 2.33. The van der Waals surface area contributed by atoms with E-state index in [1.807, 2.05) is 50.5 Å². The van der Waals surface area contributed by atoms with Crippen molar-refractivity contribution in [3.63, 3.8) is 0 Å². The maximum atomic E-state index is 11.7. The molecule has 0 amide bonds. The second-order valence-electron chi connectivity index (χ2n) is 8.95. The van der Waals surface area contributed by atoms with Gasteiger partial charge in [-0.1, -0.05) is 31.1 Å². The average Bonchev–Trinajstić information content (AvgIpc) is 3.46. The molecule has 0 spiro atoms. The van der Waals surface area contributed by atoms with Crippen LogP contribution in [0.3, 0.4) is 0 Å². The van der Waals surface area contributed by atoms with E-state index in [9.17, 15) is 9.00 Å². The van der Waals surface area contributed by atoms with E-state index in [1.165, 1.54) is 25.7 Å².